The maximum Gasteiger partial charge on any atom is 0.306 e. The van der Waals surface area contributed by atoms with Crippen molar-refractivity contribution in [1.82, 2.24) is 4.90 Å². The minimum Gasteiger partial charge on any atom is -0.496 e. The minimum atomic E-state index is -0.756. The number of carboxylic acids is 1. The third-order valence-corrected chi connectivity index (χ3v) is 4.38. The number of aliphatic carboxylic acids is 1. The Bertz CT molecular complexity index is 543. The summed E-state index contributed by atoms with van der Waals surface area (Å²) in [4.78, 5) is 25.2. The van der Waals surface area contributed by atoms with Crippen LogP contribution in [0.15, 0.2) is 24.3 Å². The largest absolute Gasteiger partial charge is 0.496 e. The number of piperidine rings is 1. The lowest BCUT2D eigenvalue weighted by molar-refractivity contribution is -0.148. The number of likely N-dealkylation sites (tertiary alicyclic amines) is 1. The van der Waals surface area contributed by atoms with Crippen molar-refractivity contribution in [1.29, 1.82) is 0 Å². The summed E-state index contributed by atoms with van der Waals surface area (Å²) in [5, 5.41) is 9.13. The second kappa shape index (κ2) is 7.29. The molecule has 1 aliphatic heterocycles. The molecule has 0 saturated carbocycles. The molecule has 0 spiro atoms. The molecule has 5 nitrogen and oxygen atoms in total. The van der Waals surface area contributed by atoms with Gasteiger partial charge in [-0.25, -0.2) is 0 Å². The average Bonchev–Trinajstić information content (AvgIpc) is 2.52. The minimum absolute atomic E-state index is 0.00135. The zero-order chi connectivity index (χ0) is 16.1. The molecule has 2 unspecified atom stereocenters. The Balaban J connectivity index is 1.89. The Kier molecular flexibility index (Phi) is 5.41. The number of nitrogens with zero attached hydrogens (tertiary/aromatic N) is 1. The number of para-hydroxylation sites is 1. The fourth-order valence-electron chi connectivity index (χ4n) is 3.05. The van der Waals surface area contributed by atoms with Gasteiger partial charge in [-0.1, -0.05) is 25.1 Å². The number of aryl methyl sites for hydroxylation is 1. The Morgan fingerprint density at radius 3 is 2.73 bits per heavy atom. The summed E-state index contributed by atoms with van der Waals surface area (Å²) in [6, 6.07) is 7.69. The third-order valence-electron chi connectivity index (χ3n) is 4.38. The molecule has 0 bridgehead atoms. The lowest BCUT2D eigenvalue weighted by atomic mass is 9.87. The van der Waals surface area contributed by atoms with Crippen molar-refractivity contribution < 1.29 is 19.4 Å². The molecule has 1 amide bonds. The number of ether oxygens (including phenoxy) is 1. The summed E-state index contributed by atoms with van der Waals surface area (Å²) in [6.07, 6.45) is 1.60. The monoisotopic (exact) mass is 305 g/mol. The Labute approximate surface area is 130 Å². The van der Waals surface area contributed by atoms with Crippen LogP contribution in [-0.4, -0.2) is 42.1 Å². The summed E-state index contributed by atoms with van der Waals surface area (Å²) in [5.74, 6) is -0.205. The van der Waals surface area contributed by atoms with Crippen LogP contribution in [0, 0.1) is 11.8 Å². The fraction of sp³-hybridized carbons (Fsp3) is 0.529. The molecule has 1 fully saturated rings. The Morgan fingerprint density at radius 2 is 2.09 bits per heavy atom. The summed E-state index contributed by atoms with van der Waals surface area (Å²) >= 11 is 0. The van der Waals surface area contributed by atoms with Gasteiger partial charge < -0.3 is 14.7 Å². The van der Waals surface area contributed by atoms with Crippen molar-refractivity contribution in [3.63, 3.8) is 0 Å². The molecule has 1 aromatic rings. The molecule has 0 radical (unpaired) electrons. The van der Waals surface area contributed by atoms with Gasteiger partial charge in [-0.05, 0) is 30.4 Å². The zero-order valence-corrected chi connectivity index (χ0v) is 13.1. The van der Waals surface area contributed by atoms with Crippen LogP contribution >= 0.6 is 0 Å². The van der Waals surface area contributed by atoms with E-state index in [1.54, 1.807) is 12.0 Å². The van der Waals surface area contributed by atoms with E-state index in [9.17, 15) is 9.59 Å². The molecule has 0 aliphatic carbocycles. The van der Waals surface area contributed by atoms with E-state index in [1.165, 1.54) is 0 Å². The SMILES string of the molecule is COc1ccccc1CCC(=O)N1CCC(C(=O)O)C(C)C1. The van der Waals surface area contributed by atoms with Crippen molar-refractivity contribution in [3.8, 4) is 5.75 Å². The van der Waals surface area contributed by atoms with Crippen LogP contribution in [0.25, 0.3) is 0 Å². The molecule has 1 heterocycles. The van der Waals surface area contributed by atoms with Crippen LogP contribution in [0.2, 0.25) is 0 Å². The molecule has 5 heteroatoms. The van der Waals surface area contributed by atoms with E-state index in [0.29, 0.717) is 32.4 Å². The number of hydrogen-bond donors (Lipinski definition) is 1. The molecular formula is C17H23NO4. The number of amides is 1. The highest BCUT2D eigenvalue weighted by atomic mass is 16.5. The van der Waals surface area contributed by atoms with Crippen molar-refractivity contribution in [3.05, 3.63) is 29.8 Å². The third kappa shape index (κ3) is 3.78. The van der Waals surface area contributed by atoms with E-state index >= 15 is 0 Å². The van der Waals surface area contributed by atoms with Gasteiger partial charge in [-0.15, -0.1) is 0 Å². The number of benzene rings is 1. The summed E-state index contributed by atoms with van der Waals surface area (Å²) in [5.41, 5.74) is 1.02. The molecule has 1 N–H and O–H groups in total. The van der Waals surface area contributed by atoms with Crippen LogP contribution in [-0.2, 0) is 16.0 Å². The lowest BCUT2D eigenvalue weighted by Gasteiger charge is -2.35. The molecule has 1 aliphatic rings. The predicted molar refractivity (Wildman–Crippen MR) is 82.8 cm³/mol. The van der Waals surface area contributed by atoms with Crippen molar-refractivity contribution >= 4 is 11.9 Å². The van der Waals surface area contributed by atoms with E-state index in [4.69, 9.17) is 9.84 Å². The first kappa shape index (κ1) is 16.3. The lowest BCUT2D eigenvalue weighted by Crippen LogP contribution is -2.45. The first-order valence-electron chi connectivity index (χ1n) is 7.65. The van der Waals surface area contributed by atoms with Crippen LogP contribution in [0.1, 0.15) is 25.3 Å². The van der Waals surface area contributed by atoms with E-state index < -0.39 is 5.97 Å². The Morgan fingerprint density at radius 1 is 1.36 bits per heavy atom. The van der Waals surface area contributed by atoms with Crippen LogP contribution in [0.5, 0.6) is 5.75 Å². The normalized spacial score (nSPS) is 21.5. The molecule has 22 heavy (non-hydrogen) atoms. The number of carboxylic acid groups (broad SMARTS) is 1. The van der Waals surface area contributed by atoms with Gasteiger partial charge in [0.05, 0.1) is 13.0 Å². The van der Waals surface area contributed by atoms with Crippen molar-refractivity contribution in [2.75, 3.05) is 20.2 Å². The highest BCUT2D eigenvalue weighted by Crippen LogP contribution is 2.25. The predicted octanol–water partition coefficient (Wildman–Crippen LogP) is 2.20. The molecular weight excluding hydrogens is 282 g/mol. The number of carbonyl (C=O) groups is 2. The number of hydrogen-bond acceptors (Lipinski definition) is 3. The molecule has 1 aromatic carbocycles. The van der Waals surface area contributed by atoms with Gasteiger partial charge in [0, 0.05) is 19.5 Å². The van der Waals surface area contributed by atoms with Crippen molar-refractivity contribution in [2.45, 2.75) is 26.2 Å². The Hall–Kier alpha value is -2.04. The molecule has 2 atom stereocenters. The molecule has 1 saturated heterocycles. The van der Waals surface area contributed by atoms with Gasteiger partial charge in [0.1, 0.15) is 5.75 Å². The van der Waals surface area contributed by atoms with E-state index in [-0.39, 0.29) is 17.7 Å². The highest BCUT2D eigenvalue weighted by Gasteiger charge is 2.32. The molecule has 2 rings (SSSR count). The standard InChI is InChI=1S/C17H23NO4/c1-12-11-18(10-9-14(12)17(20)21)16(19)8-7-13-5-3-4-6-15(13)22-2/h3-6,12,14H,7-11H2,1-2H3,(H,20,21). The average molecular weight is 305 g/mol. The first-order chi connectivity index (χ1) is 10.5. The number of carbonyl (C=O) groups excluding carboxylic acids is 1. The van der Waals surface area contributed by atoms with E-state index in [0.717, 1.165) is 11.3 Å². The first-order valence-corrected chi connectivity index (χ1v) is 7.65. The summed E-state index contributed by atoms with van der Waals surface area (Å²) in [6.45, 7) is 2.96. The summed E-state index contributed by atoms with van der Waals surface area (Å²) < 4.78 is 5.29. The van der Waals surface area contributed by atoms with Crippen LogP contribution in [0.4, 0.5) is 0 Å². The second-order valence-electron chi connectivity index (χ2n) is 5.86. The molecule has 120 valence electrons. The van der Waals surface area contributed by atoms with Gasteiger partial charge in [0.25, 0.3) is 0 Å². The van der Waals surface area contributed by atoms with Gasteiger partial charge in [0.2, 0.25) is 5.91 Å². The highest BCUT2D eigenvalue weighted by molar-refractivity contribution is 5.77. The maximum absolute atomic E-state index is 12.3. The zero-order valence-electron chi connectivity index (χ0n) is 13.1. The van der Waals surface area contributed by atoms with Gasteiger partial charge >= 0.3 is 5.97 Å². The van der Waals surface area contributed by atoms with Gasteiger partial charge in [-0.2, -0.15) is 0 Å². The second-order valence-corrected chi connectivity index (χ2v) is 5.86. The van der Waals surface area contributed by atoms with E-state index in [2.05, 4.69) is 0 Å². The molecule has 0 aromatic heterocycles. The topological polar surface area (TPSA) is 66.8 Å². The van der Waals surface area contributed by atoms with Crippen LogP contribution < -0.4 is 4.74 Å². The summed E-state index contributed by atoms with van der Waals surface area (Å²) in [7, 11) is 1.62. The van der Waals surface area contributed by atoms with E-state index in [1.807, 2.05) is 31.2 Å². The van der Waals surface area contributed by atoms with Crippen LogP contribution in [0.3, 0.4) is 0 Å². The quantitative estimate of drug-likeness (QED) is 0.905. The number of rotatable bonds is 5. The van der Waals surface area contributed by atoms with Gasteiger partial charge in [-0.3, -0.25) is 9.59 Å². The number of methoxy groups -OCH3 is 1. The van der Waals surface area contributed by atoms with Crippen molar-refractivity contribution in [2.24, 2.45) is 11.8 Å². The fourth-order valence-corrected chi connectivity index (χ4v) is 3.05. The maximum atomic E-state index is 12.3. The van der Waals surface area contributed by atoms with Gasteiger partial charge in [0.15, 0.2) is 0 Å². The smallest absolute Gasteiger partial charge is 0.306 e.